The minimum Gasteiger partial charge on any atom is -0.461 e. The van der Waals surface area contributed by atoms with Crippen molar-refractivity contribution in [2.75, 3.05) is 26.3 Å². The van der Waals surface area contributed by atoms with Crippen LogP contribution in [-0.2, 0) is 23.9 Å². The van der Waals surface area contributed by atoms with Gasteiger partial charge >= 0.3 is 5.97 Å². The van der Waals surface area contributed by atoms with Crippen molar-refractivity contribution >= 4 is 17.8 Å². The van der Waals surface area contributed by atoms with Gasteiger partial charge in [0.15, 0.2) is 0 Å². The zero-order valence-corrected chi connectivity index (χ0v) is 18.2. The number of fused-ring (bicyclic) bond motifs is 2. The van der Waals surface area contributed by atoms with Gasteiger partial charge in [-0.25, -0.2) is 0 Å². The molecule has 31 heavy (non-hydrogen) atoms. The van der Waals surface area contributed by atoms with Gasteiger partial charge in [0.05, 0.1) is 24.7 Å². The molecule has 4 aliphatic rings. The highest BCUT2D eigenvalue weighted by molar-refractivity contribution is 5.99. The second-order valence-electron chi connectivity index (χ2n) is 8.78. The quantitative estimate of drug-likeness (QED) is 0.367. The molecular formula is C23H32N2O6. The molecule has 8 heteroatoms. The van der Waals surface area contributed by atoms with Crippen molar-refractivity contribution in [3.63, 3.8) is 0 Å². The van der Waals surface area contributed by atoms with Crippen LogP contribution in [0.5, 0.6) is 0 Å². The first-order valence-electron chi connectivity index (χ1n) is 11.4. The van der Waals surface area contributed by atoms with Crippen molar-refractivity contribution in [3.05, 3.63) is 24.3 Å². The molecule has 0 saturated carbocycles. The van der Waals surface area contributed by atoms with Crippen LogP contribution in [-0.4, -0.2) is 82.8 Å². The predicted octanol–water partition coefficient (Wildman–Crippen LogP) is 1.04. The van der Waals surface area contributed by atoms with Crippen LogP contribution in [0.2, 0.25) is 0 Å². The molecule has 2 saturated heterocycles. The van der Waals surface area contributed by atoms with E-state index in [9.17, 15) is 19.5 Å². The highest BCUT2D eigenvalue weighted by Gasteiger charge is 2.72. The Morgan fingerprint density at radius 1 is 1.19 bits per heavy atom. The molecule has 2 amide bonds. The van der Waals surface area contributed by atoms with Crippen LogP contribution >= 0.6 is 0 Å². The number of hydrogen-bond donors (Lipinski definition) is 1. The summed E-state index contributed by atoms with van der Waals surface area (Å²) < 4.78 is 11.7. The molecule has 2 fully saturated rings. The van der Waals surface area contributed by atoms with E-state index in [2.05, 4.69) is 6.92 Å². The molecule has 1 unspecified atom stereocenters. The Morgan fingerprint density at radius 2 is 2.00 bits per heavy atom. The molecule has 0 bridgehead atoms. The third kappa shape index (κ3) is 3.40. The molecule has 0 aromatic rings. The molecule has 4 aliphatic heterocycles. The van der Waals surface area contributed by atoms with Gasteiger partial charge in [0.1, 0.15) is 24.2 Å². The van der Waals surface area contributed by atoms with Crippen LogP contribution in [0.3, 0.4) is 0 Å². The number of carbonyl (C=O) groups excluding carboxylic acids is 3. The fourth-order valence-corrected chi connectivity index (χ4v) is 5.52. The van der Waals surface area contributed by atoms with Crippen LogP contribution in [0.25, 0.3) is 0 Å². The highest BCUT2D eigenvalue weighted by atomic mass is 16.6. The molecule has 0 aromatic carbocycles. The Hall–Kier alpha value is -2.19. The van der Waals surface area contributed by atoms with Gasteiger partial charge in [0.2, 0.25) is 11.8 Å². The second kappa shape index (κ2) is 8.74. The van der Waals surface area contributed by atoms with Crippen molar-refractivity contribution in [1.29, 1.82) is 0 Å². The summed E-state index contributed by atoms with van der Waals surface area (Å²) in [4.78, 5) is 43.6. The summed E-state index contributed by atoms with van der Waals surface area (Å²) in [7, 11) is 0. The standard InChI is InChI=1S/C23H32N2O6/c1-3-5-6-11-24-12-8-10-23-18(17-16(31-23)9-7-13-30-22(17)29)20(27)25(15(4-2)14-26)19(23)21(24)28/h7-10,15-19,26H,3-6,11-14H2,1-2H3/t15-,16-,17+,18-,19?,23-/m0/s1. The van der Waals surface area contributed by atoms with Crippen LogP contribution in [0.15, 0.2) is 24.3 Å². The summed E-state index contributed by atoms with van der Waals surface area (Å²) in [6, 6.07) is -1.43. The number of ether oxygens (including phenoxy) is 2. The molecule has 4 rings (SSSR count). The normalized spacial score (nSPS) is 35.4. The third-order valence-electron chi connectivity index (χ3n) is 7.04. The first kappa shape index (κ1) is 22.0. The maximum absolute atomic E-state index is 13.8. The van der Waals surface area contributed by atoms with E-state index in [4.69, 9.17) is 9.47 Å². The number of unbranched alkanes of at least 4 members (excludes halogenated alkanes) is 2. The predicted molar refractivity (Wildman–Crippen MR) is 112 cm³/mol. The van der Waals surface area contributed by atoms with E-state index >= 15 is 0 Å². The minimum atomic E-state index is -1.24. The fourth-order valence-electron chi connectivity index (χ4n) is 5.52. The lowest BCUT2D eigenvalue weighted by atomic mass is 9.78. The van der Waals surface area contributed by atoms with Crippen LogP contribution in [0.1, 0.15) is 39.5 Å². The molecule has 4 heterocycles. The molecule has 170 valence electrons. The number of rotatable bonds is 7. The van der Waals surface area contributed by atoms with Gasteiger partial charge in [-0.15, -0.1) is 0 Å². The number of hydrogen-bond acceptors (Lipinski definition) is 6. The van der Waals surface area contributed by atoms with Gasteiger partial charge in [-0.3, -0.25) is 14.4 Å². The van der Waals surface area contributed by atoms with Crippen molar-refractivity contribution in [2.45, 2.75) is 63.3 Å². The largest absolute Gasteiger partial charge is 0.461 e. The third-order valence-corrected chi connectivity index (χ3v) is 7.04. The molecule has 1 N–H and O–H groups in total. The maximum Gasteiger partial charge on any atom is 0.313 e. The van der Waals surface area contributed by atoms with Crippen molar-refractivity contribution in [1.82, 2.24) is 9.80 Å². The molecule has 0 radical (unpaired) electrons. The first-order valence-corrected chi connectivity index (χ1v) is 11.4. The summed E-state index contributed by atoms with van der Waals surface area (Å²) in [5.74, 6) is -2.64. The smallest absolute Gasteiger partial charge is 0.313 e. The van der Waals surface area contributed by atoms with Crippen molar-refractivity contribution < 1.29 is 29.0 Å². The number of aliphatic hydroxyl groups is 1. The number of nitrogens with zero attached hydrogens (tertiary/aromatic N) is 2. The first-order chi connectivity index (χ1) is 15.0. The van der Waals surface area contributed by atoms with Gasteiger partial charge < -0.3 is 24.4 Å². The van der Waals surface area contributed by atoms with E-state index in [1.807, 2.05) is 19.1 Å². The van der Waals surface area contributed by atoms with E-state index in [-0.39, 0.29) is 25.0 Å². The Kier molecular flexibility index (Phi) is 6.21. The summed E-state index contributed by atoms with van der Waals surface area (Å²) in [5.41, 5.74) is -1.24. The number of amides is 2. The molecule has 6 atom stereocenters. The van der Waals surface area contributed by atoms with Gasteiger partial charge in [0, 0.05) is 13.1 Å². The zero-order chi connectivity index (χ0) is 22.2. The summed E-state index contributed by atoms with van der Waals surface area (Å²) in [6.45, 7) is 4.90. The molecule has 8 nitrogen and oxygen atoms in total. The minimum absolute atomic E-state index is 0.143. The topological polar surface area (TPSA) is 96.4 Å². The van der Waals surface area contributed by atoms with Gasteiger partial charge in [-0.1, -0.05) is 44.9 Å². The zero-order valence-electron chi connectivity index (χ0n) is 18.2. The second-order valence-corrected chi connectivity index (χ2v) is 8.78. The lowest BCUT2D eigenvalue weighted by molar-refractivity contribution is -0.155. The van der Waals surface area contributed by atoms with Gasteiger partial charge in [-0.05, 0) is 18.9 Å². The number of likely N-dealkylation sites (tertiary alicyclic amines) is 1. The monoisotopic (exact) mass is 432 g/mol. The van der Waals surface area contributed by atoms with Crippen molar-refractivity contribution in [2.24, 2.45) is 11.8 Å². The number of esters is 1. The maximum atomic E-state index is 13.8. The van der Waals surface area contributed by atoms with E-state index < -0.39 is 41.6 Å². The van der Waals surface area contributed by atoms with E-state index in [1.54, 1.807) is 17.1 Å². The average molecular weight is 433 g/mol. The Morgan fingerprint density at radius 3 is 2.71 bits per heavy atom. The number of cyclic esters (lactones) is 1. The molecule has 0 aromatic heterocycles. The molecular weight excluding hydrogens is 400 g/mol. The van der Waals surface area contributed by atoms with Crippen LogP contribution in [0.4, 0.5) is 0 Å². The number of carbonyl (C=O) groups is 3. The van der Waals surface area contributed by atoms with Crippen LogP contribution < -0.4 is 0 Å². The van der Waals surface area contributed by atoms with Gasteiger partial charge in [-0.2, -0.15) is 0 Å². The van der Waals surface area contributed by atoms with E-state index in [0.29, 0.717) is 19.5 Å². The Balaban J connectivity index is 1.78. The van der Waals surface area contributed by atoms with Gasteiger partial charge in [0.25, 0.3) is 0 Å². The van der Waals surface area contributed by atoms with Crippen LogP contribution in [0, 0.1) is 11.8 Å². The van der Waals surface area contributed by atoms with Crippen molar-refractivity contribution in [3.8, 4) is 0 Å². The highest BCUT2D eigenvalue weighted by Crippen LogP contribution is 2.53. The average Bonchev–Trinajstić information content (AvgIpc) is 3.06. The summed E-state index contributed by atoms with van der Waals surface area (Å²) in [6.07, 6.45) is 10.00. The Bertz CT molecular complexity index is 791. The Labute approximate surface area is 182 Å². The summed E-state index contributed by atoms with van der Waals surface area (Å²) in [5, 5.41) is 10.0. The lowest BCUT2D eigenvalue weighted by Crippen LogP contribution is -2.58. The van der Waals surface area contributed by atoms with E-state index in [0.717, 1.165) is 19.3 Å². The summed E-state index contributed by atoms with van der Waals surface area (Å²) >= 11 is 0. The lowest BCUT2D eigenvalue weighted by Gasteiger charge is -2.38. The molecule has 1 spiro atoms. The fraction of sp³-hybridized carbons (Fsp3) is 0.696. The number of aliphatic hydroxyl groups excluding tert-OH is 1. The SMILES string of the molecule is CCCCCN1CC=C[C@]23O[C@H]4C=CCOC(=O)[C@H]4[C@H]2C(=O)N([C@@H](CC)CO)C3C1=O. The van der Waals surface area contributed by atoms with E-state index in [1.165, 1.54) is 4.90 Å². The molecule has 0 aliphatic carbocycles.